The molecule has 4 heterocycles. The van der Waals surface area contributed by atoms with E-state index in [9.17, 15) is 4.79 Å². The van der Waals surface area contributed by atoms with Crippen molar-refractivity contribution in [2.24, 2.45) is 0 Å². The number of pyridine rings is 1. The topological polar surface area (TPSA) is 101 Å². The van der Waals surface area contributed by atoms with Gasteiger partial charge in [-0.15, -0.1) is 0 Å². The smallest absolute Gasteiger partial charge is 0.254 e. The molecule has 0 aromatic carbocycles. The standard InChI is InChI=1S/C18H17N7O/c1-11-12(2)23-17(24-18(11)26)13-3-4-15(20-9-13)21-10-14-5-7-19-16-6-8-22-25(14)16/h3-9H,10H2,1-2H3,(H,20,21)(H,23,24,26). The minimum atomic E-state index is -0.129. The number of aromatic nitrogens is 6. The Bertz CT molecular complexity index is 1130. The van der Waals surface area contributed by atoms with Crippen molar-refractivity contribution in [3.63, 3.8) is 0 Å². The maximum atomic E-state index is 11.9. The monoisotopic (exact) mass is 347 g/mol. The molecule has 0 aliphatic rings. The molecule has 0 saturated carbocycles. The summed E-state index contributed by atoms with van der Waals surface area (Å²) in [5, 5.41) is 7.52. The van der Waals surface area contributed by atoms with Gasteiger partial charge in [0, 0.05) is 35.3 Å². The lowest BCUT2D eigenvalue weighted by Gasteiger charge is -2.08. The summed E-state index contributed by atoms with van der Waals surface area (Å²) in [6, 6.07) is 7.49. The quantitative estimate of drug-likeness (QED) is 0.586. The molecule has 0 spiro atoms. The highest BCUT2D eigenvalue weighted by Crippen LogP contribution is 2.16. The number of rotatable bonds is 4. The first kappa shape index (κ1) is 15.9. The summed E-state index contributed by atoms with van der Waals surface area (Å²) in [5.41, 5.74) is 3.75. The Morgan fingerprint density at radius 2 is 2.00 bits per heavy atom. The van der Waals surface area contributed by atoms with Crippen LogP contribution in [0.25, 0.3) is 17.0 Å². The van der Waals surface area contributed by atoms with Gasteiger partial charge >= 0.3 is 0 Å². The lowest BCUT2D eigenvalue weighted by atomic mass is 10.2. The third kappa shape index (κ3) is 2.92. The third-order valence-corrected chi connectivity index (χ3v) is 4.25. The first-order valence-corrected chi connectivity index (χ1v) is 8.17. The van der Waals surface area contributed by atoms with Gasteiger partial charge in [0.25, 0.3) is 5.56 Å². The molecule has 0 bridgehead atoms. The number of aromatic amines is 1. The average Bonchev–Trinajstić information content (AvgIpc) is 3.14. The van der Waals surface area contributed by atoms with E-state index in [1.165, 1.54) is 0 Å². The van der Waals surface area contributed by atoms with E-state index in [1.807, 2.05) is 31.2 Å². The van der Waals surface area contributed by atoms with Gasteiger partial charge in [0.15, 0.2) is 5.65 Å². The summed E-state index contributed by atoms with van der Waals surface area (Å²) in [4.78, 5) is 27.8. The van der Waals surface area contributed by atoms with Gasteiger partial charge in [0.2, 0.25) is 0 Å². The second-order valence-electron chi connectivity index (χ2n) is 5.95. The molecule has 26 heavy (non-hydrogen) atoms. The van der Waals surface area contributed by atoms with Crippen LogP contribution in [0.5, 0.6) is 0 Å². The molecule has 0 radical (unpaired) electrons. The van der Waals surface area contributed by atoms with Crippen LogP contribution >= 0.6 is 0 Å². The summed E-state index contributed by atoms with van der Waals surface area (Å²) < 4.78 is 1.78. The van der Waals surface area contributed by atoms with Gasteiger partial charge in [0.05, 0.1) is 18.4 Å². The highest BCUT2D eigenvalue weighted by molar-refractivity contribution is 5.56. The maximum Gasteiger partial charge on any atom is 0.254 e. The largest absolute Gasteiger partial charge is 0.364 e. The van der Waals surface area contributed by atoms with Gasteiger partial charge in [-0.05, 0) is 32.0 Å². The molecule has 0 atom stereocenters. The van der Waals surface area contributed by atoms with Crippen molar-refractivity contribution in [3.05, 3.63) is 70.2 Å². The number of nitrogens with zero attached hydrogens (tertiary/aromatic N) is 5. The lowest BCUT2D eigenvalue weighted by Crippen LogP contribution is -2.14. The molecule has 8 heteroatoms. The number of anilines is 1. The Morgan fingerprint density at radius 3 is 2.77 bits per heavy atom. The van der Waals surface area contributed by atoms with E-state index in [4.69, 9.17) is 0 Å². The van der Waals surface area contributed by atoms with Crippen molar-refractivity contribution in [2.45, 2.75) is 20.4 Å². The molecule has 0 aliphatic heterocycles. The SMILES string of the molecule is Cc1nc(-c2ccc(NCc3ccnc4ccnn34)nc2)[nH]c(=O)c1C. The van der Waals surface area contributed by atoms with Gasteiger partial charge in [-0.2, -0.15) is 5.10 Å². The number of H-pyrrole nitrogens is 1. The van der Waals surface area contributed by atoms with Crippen LogP contribution in [0.15, 0.2) is 47.7 Å². The second-order valence-corrected chi connectivity index (χ2v) is 5.95. The minimum absolute atomic E-state index is 0.129. The summed E-state index contributed by atoms with van der Waals surface area (Å²) >= 11 is 0. The molecule has 4 rings (SSSR count). The molecular formula is C18H17N7O. The van der Waals surface area contributed by atoms with E-state index in [2.05, 4.69) is 30.4 Å². The molecule has 0 unspecified atom stereocenters. The summed E-state index contributed by atoms with van der Waals surface area (Å²) in [5.74, 6) is 1.24. The predicted molar refractivity (Wildman–Crippen MR) is 97.9 cm³/mol. The van der Waals surface area contributed by atoms with Crippen molar-refractivity contribution in [1.82, 2.24) is 29.5 Å². The van der Waals surface area contributed by atoms with Crippen LogP contribution in [0.4, 0.5) is 5.82 Å². The fraction of sp³-hybridized carbons (Fsp3) is 0.167. The Labute approximate surface area is 149 Å². The number of aryl methyl sites for hydroxylation is 1. The van der Waals surface area contributed by atoms with Gasteiger partial charge in [-0.3, -0.25) is 4.79 Å². The van der Waals surface area contributed by atoms with Gasteiger partial charge in [-0.25, -0.2) is 19.5 Å². The van der Waals surface area contributed by atoms with Gasteiger partial charge in [0.1, 0.15) is 11.6 Å². The molecular weight excluding hydrogens is 330 g/mol. The fourth-order valence-electron chi connectivity index (χ4n) is 2.62. The Hall–Kier alpha value is -3.55. The van der Waals surface area contributed by atoms with Crippen LogP contribution in [-0.2, 0) is 6.54 Å². The molecule has 4 aromatic rings. The number of hydrogen-bond donors (Lipinski definition) is 2. The highest BCUT2D eigenvalue weighted by atomic mass is 16.1. The van der Waals surface area contributed by atoms with Crippen molar-refractivity contribution < 1.29 is 0 Å². The molecule has 0 aliphatic carbocycles. The summed E-state index contributed by atoms with van der Waals surface area (Å²) in [6.07, 6.45) is 5.16. The zero-order valence-corrected chi connectivity index (χ0v) is 14.4. The highest BCUT2D eigenvalue weighted by Gasteiger charge is 2.07. The number of nitrogens with one attached hydrogen (secondary N) is 2. The zero-order chi connectivity index (χ0) is 18.1. The van der Waals surface area contributed by atoms with E-state index in [1.54, 1.807) is 30.0 Å². The van der Waals surface area contributed by atoms with Crippen LogP contribution in [0, 0.1) is 13.8 Å². The Morgan fingerprint density at radius 1 is 1.12 bits per heavy atom. The van der Waals surface area contributed by atoms with Crippen LogP contribution < -0.4 is 10.9 Å². The van der Waals surface area contributed by atoms with Gasteiger partial charge in [-0.1, -0.05) is 0 Å². The molecule has 2 N–H and O–H groups in total. The van der Waals surface area contributed by atoms with Crippen molar-refractivity contribution in [3.8, 4) is 11.4 Å². The minimum Gasteiger partial charge on any atom is -0.364 e. The normalized spacial score (nSPS) is 11.0. The molecule has 4 aromatic heterocycles. The van der Waals surface area contributed by atoms with E-state index in [-0.39, 0.29) is 5.56 Å². The van der Waals surface area contributed by atoms with E-state index in [0.29, 0.717) is 23.6 Å². The number of hydrogen-bond acceptors (Lipinski definition) is 6. The van der Waals surface area contributed by atoms with Crippen LogP contribution in [0.1, 0.15) is 17.0 Å². The van der Waals surface area contributed by atoms with E-state index >= 15 is 0 Å². The third-order valence-electron chi connectivity index (χ3n) is 4.25. The fourth-order valence-corrected chi connectivity index (χ4v) is 2.62. The van der Waals surface area contributed by atoms with Crippen LogP contribution in [0.3, 0.4) is 0 Å². The summed E-state index contributed by atoms with van der Waals surface area (Å²) in [6.45, 7) is 4.14. The van der Waals surface area contributed by atoms with E-state index in [0.717, 1.165) is 22.7 Å². The van der Waals surface area contributed by atoms with Gasteiger partial charge < -0.3 is 10.3 Å². The van der Waals surface area contributed by atoms with Crippen LogP contribution in [-0.4, -0.2) is 29.5 Å². The predicted octanol–water partition coefficient (Wildman–Crippen LogP) is 2.10. The van der Waals surface area contributed by atoms with Crippen molar-refractivity contribution in [2.75, 3.05) is 5.32 Å². The molecule has 0 amide bonds. The first-order valence-electron chi connectivity index (χ1n) is 8.17. The average molecular weight is 347 g/mol. The Balaban J connectivity index is 1.53. The molecule has 8 nitrogen and oxygen atoms in total. The van der Waals surface area contributed by atoms with Crippen molar-refractivity contribution >= 4 is 11.5 Å². The molecule has 0 saturated heterocycles. The molecule has 130 valence electrons. The summed E-state index contributed by atoms with van der Waals surface area (Å²) in [7, 11) is 0. The second kappa shape index (κ2) is 6.40. The first-order chi connectivity index (χ1) is 12.6. The van der Waals surface area contributed by atoms with E-state index < -0.39 is 0 Å². The number of fused-ring (bicyclic) bond motifs is 1. The lowest BCUT2D eigenvalue weighted by molar-refractivity contribution is 0.852. The van der Waals surface area contributed by atoms with Crippen LogP contribution in [0.2, 0.25) is 0 Å². The van der Waals surface area contributed by atoms with Crippen molar-refractivity contribution in [1.29, 1.82) is 0 Å². The zero-order valence-electron chi connectivity index (χ0n) is 14.4. The molecule has 0 fully saturated rings. The maximum absolute atomic E-state index is 11.9. The Kier molecular flexibility index (Phi) is 3.92.